The first-order valence-corrected chi connectivity index (χ1v) is 11.1. The van der Waals surface area contributed by atoms with Gasteiger partial charge in [-0.15, -0.1) is 0 Å². The van der Waals surface area contributed by atoms with Crippen molar-refractivity contribution in [2.24, 2.45) is 7.05 Å². The van der Waals surface area contributed by atoms with Gasteiger partial charge in [0.1, 0.15) is 23.6 Å². The summed E-state index contributed by atoms with van der Waals surface area (Å²) in [6, 6.07) is 12.6. The van der Waals surface area contributed by atoms with Crippen LogP contribution in [0.15, 0.2) is 72.1 Å². The lowest BCUT2D eigenvalue weighted by Gasteiger charge is -2.14. The molecule has 2 heterocycles. The summed E-state index contributed by atoms with van der Waals surface area (Å²) in [5.74, 6) is 0.923. The summed E-state index contributed by atoms with van der Waals surface area (Å²) in [7, 11) is -2.09. The van der Waals surface area contributed by atoms with E-state index in [1.807, 2.05) is 6.07 Å². The zero-order valence-corrected chi connectivity index (χ0v) is 18.4. The number of nitrogens with one attached hydrogen (secondary N) is 1. The van der Waals surface area contributed by atoms with Gasteiger partial charge in [-0.05, 0) is 48.5 Å². The Balaban J connectivity index is 1.64. The van der Waals surface area contributed by atoms with E-state index in [1.54, 1.807) is 36.1 Å². The van der Waals surface area contributed by atoms with Crippen molar-refractivity contribution in [1.29, 1.82) is 0 Å². The molecule has 0 saturated carbocycles. The first-order chi connectivity index (χ1) is 14.8. The van der Waals surface area contributed by atoms with Crippen LogP contribution < -0.4 is 9.46 Å². The molecule has 8 nitrogen and oxygen atoms in total. The molecule has 11 heteroatoms. The average Bonchev–Trinajstić information content (AvgIpc) is 3.16. The predicted molar refractivity (Wildman–Crippen MR) is 118 cm³/mol. The fourth-order valence-corrected chi connectivity index (χ4v) is 4.32. The monoisotopic (exact) mass is 475 g/mol. The Morgan fingerprint density at radius 2 is 1.81 bits per heavy atom. The van der Waals surface area contributed by atoms with Crippen LogP contribution in [0, 0.1) is 0 Å². The maximum atomic E-state index is 12.6. The molecule has 0 bridgehead atoms. The van der Waals surface area contributed by atoms with E-state index in [0.29, 0.717) is 16.3 Å². The van der Waals surface area contributed by atoms with Gasteiger partial charge in [0, 0.05) is 30.0 Å². The standard InChI is InChI=1S/C20H15Cl2N5O3S/c1-27-17(6-9-25-27)15-10-13(21)2-4-18(15)30-19-5-3-14(11-16(19)22)31(28,29)26-20-7-8-23-12-24-20/h2-12H,1H3,(H,23,24,26). The number of hydrogen-bond acceptors (Lipinski definition) is 6. The summed E-state index contributed by atoms with van der Waals surface area (Å²) in [5.41, 5.74) is 1.51. The second-order valence-corrected chi connectivity index (χ2v) is 8.90. The van der Waals surface area contributed by atoms with Crippen LogP contribution in [-0.2, 0) is 17.1 Å². The SMILES string of the molecule is Cn1nccc1-c1cc(Cl)ccc1Oc1ccc(S(=O)(=O)Nc2ccncn2)cc1Cl. The summed E-state index contributed by atoms with van der Waals surface area (Å²) in [6.07, 6.45) is 4.34. The van der Waals surface area contributed by atoms with Crippen molar-refractivity contribution < 1.29 is 13.2 Å². The van der Waals surface area contributed by atoms with E-state index in [1.165, 1.54) is 36.8 Å². The number of halogens is 2. The molecule has 4 aromatic rings. The highest BCUT2D eigenvalue weighted by Gasteiger charge is 2.18. The number of nitrogens with zero attached hydrogens (tertiary/aromatic N) is 4. The Kier molecular flexibility index (Phi) is 5.81. The largest absolute Gasteiger partial charge is 0.455 e. The molecule has 2 aromatic carbocycles. The molecule has 0 aliphatic rings. The van der Waals surface area contributed by atoms with Crippen LogP contribution in [0.25, 0.3) is 11.3 Å². The zero-order chi connectivity index (χ0) is 22.0. The lowest BCUT2D eigenvalue weighted by Crippen LogP contribution is -2.13. The maximum Gasteiger partial charge on any atom is 0.263 e. The van der Waals surface area contributed by atoms with Crippen molar-refractivity contribution in [3.05, 3.63) is 77.3 Å². The van der Waals surface area contributed by atoms with Crippen molar-refractivity contribution in [1.82, 2.24) is 19.7 Å². The van der Waals surface area contributed by atoms with Gasteiger partial charge in [0.15, 0.2) is 0 Å². The van der Waals surface area contributed by atoms with Crippen LogP contribution in [-0.4, -0.2) is 28.2 Å². The van der Waals surface area contributed by atoms with E-state index in [-0.39, 0.29) is 21.5 Å². The first kappa shape index (κ1) is 21.1. The molecule has 31 heavy (non-hydrogen) atoms. The fourth-order valence-electron chi connectivity index (χ4n) is 2.83. The van der Waals surface area contributed by atoms with Crippen LogP contribution in [0.3, 0.4) is 0 Å². The molecule has 0 fully saturated rings. The number of rotatable bonds is 6. The number of benzene rings is 2. The molecule has 0 saturated heterocycles. The minimum Gasteiger partial charge on any atom is -0.455 e. The third kappa shape index (κ3) is 4.63. The Labute approximate surface area is 188 Å². The molecule has 158 valence electrons. The molecule has 0 amide bonds. The van der Waals surface area contributed by atoms with E-state index >= 15 is 0 Å². The third-order valence-electron chi connectivity index (χ3n) is 4.29. The minimum absolute atomic E-state index is 0.0357. The van der Waals surface area contributed by atoms with E-state index in [0.717, 1.165) is 5.69 Å². The van der Waals surface area contributed by atoms with Gasteiger partial charge in [0.05, 0.1) is 15.6 Å². The molecule has 2 aromatic heterocycles. The van der Waals surface area contributed by atoms with Crippen LogP contribution in [0.4, 0.5) is 5.82 Å². The van der Waals surface area contributed by atoms with Gasteiger partial charge in [-0.25, -0.2) is 18.4 Å². The molecular weight excluding hydrogens is 461 g/mol. The molecule has 0 spiro atoms. The number of aryl methyl sites for hydroxylation is 1. The average molecular weight is 476 g/mol. The number of aromatic nitrogens is 4. The van der Waals surface area contributed by atoms with Gasteiger partial charge < -0.3 is 4.74 Å². The van der Waals surface area contributed by atoms with Crippen molar-refractivity contribution in [3.8, 4) is 22.8 Å². The molecular formula is C20H15Cl2N5O3S. The molecule has 0 unspecified atom stereocenters. The molecule has 4 rings (SSSR count). The molecule has 0 atom stereocenters. The highest BCUT2D eigenvalue weighted by atomic mass is 35.5. The highest BCUT2D eigenvalue weighted by molar-refractivity contribution is 7.92. The smallest absolute Gasteiger partial charge is 0.263 e. The van der Waals surface area contributed by atoms with E-state index in [9.17, 15) is 8.42 Å². The minimum atomic E-state index is -3.89. The second-order valence-electron chi connectivity index (χ2n) is 6.37. The quantitative estimate of drug-likeness (QED) is 0.430. The number of anilines is 1. The van der Waals surface area contributed by atoms with Crippen LogP contribution in [0.1, 0.15) is 0 Å². The summed E-state index contributed by atoms with van der Waals surface area (Å²) in [6.45, 7) is 0. The lowest BCUT2D eigenvalue weighted by molar-refractivity contribution is 0.483. The molecule has 0 radical (unpaired) electrons. The number of ether oxygens (including phenoxy) is 1. The Hall–Kier alpha value is -3.14. The van der Waals surface area contributed by atoms with Crippen molar-refractivity contribution in [2.75, 3.05) is 4.72 Å². The van der Waals surface area contributed by atoms with E-state index < -0.39 is 10.0 Å². The first-order valence-electron chi connectivity index (χ1n) is 8.88. The maximum absolute atomic E-state index is 12.6. The number of sulfonamides is 1. The third-order valence-corrected chi connectivity index (χ3v) is 6.18. The number of hydrogen-bond donors (Lipinski definition) is 1. The Morgan fingerprint density at radius 3 is 2.48 bits per heavy atom. The molecule has 0 aliphatic heterocycles. The summed E-state index contributed by atoms with van der Waals surface area (Å²) >= 11 is 12.5. The summed E-state index contributed by atoms with van der Waals surface area (Å²) in [4.78, 5) is 7.57. The predicted octanol–water partition coefficient (Wildman–Crippen LogP) is 4.78. The summed E-state index contributed by atoms with van der Waals surface area (Å²) in [5, 5.41) is 4.83. The lowest BCUT2D eigenvalue weighted by atomic mass is 10.1. The van der Waals surface area contributed by atoms with Crippen molar-refractivity contribution >= 4 is 39.0 Å². The van der Waals surface area contributed by atoms with Crippen LogP contribution in [0.2, 0.25) is 10.0 Å². The van der Waals surface area contributed by atoms with Crippen LogP contribution >= 0.6 is 23.2 Å². The summed E-state index contributed by atoms with van der Waals surface area (Å²) < 4.78 is 35.3. The van der Waals surface area contributed by atoms with Gasteiger partial charge in [-0.2, -0.15) is 5.10 Å². The molecule has 0 aliphatic carbocycles. The molecule has 1 N–H and O–H groups in total. The van der Waals surface area contributed by atoms with Gasteiger partial charge in [0.25, 0.3) is 10.0 Å². The van der Waals surface area contributed by atoms with Gasteiger partial charge >= 0.3 is 0 Å². The van der Waals surface area contributed by atoms with E-state index in [2.05, 4.69) is 19.8 Å². The van der Waals surface area contributed by atoms with Gasteiger partial charge in [0.2, 0.25) is 0 Å². The van der Waals surface area contributed by atoms with Gasteiger partial charge in [-0.3, -0.25) is 9.40 Å². The zero-order valence-electron chi connectivity index (χ0n) is 16.0. The fraction of sp³-hybridized carbons (Fsp3) is 0.0500. The van der Waals surface area contributed by atoms with Gasteiger partial charge in [-0.1, -0.05) is 23.2 Å². The van der Waals surface area contributed by atoms with Crippen molar-refractivity contribution in [2.45, 2.75) is 4.90 Å². The van der Waals surface area contributed by atoms with Crippen molar-refractivity contribution in [3.63, 3.8) is 0 Å². The Morgan fingerprint density at radius 1 is 1.00 bits per heavy atom. The second kappa shape index (κ2) is 8.54. The highest BCUT2D eigenvalue weighted by Crippen LogP contribution is 2.38. The topological polar surface area (TPSA) is 99.0 Å². The Bertz CT molecular complexity index is 1340. The van der Waals surface area contributed by atoms with Crippen LogP contribution in [0.5, 0.6) is 11.5 Å². The van der Waals surface area contributed by atoms with E-state index in [4.69, 9.17) is 27.9 Å². The normalized spacial score (nSPS) is 11.3.